The number of nitrogens with two attached hydrogens (primary N) is 1. The maximum Gasteiger partial charge on any atom is 0.414 e. The van der Waals surface area contributed by atoms with Crippen LogP contribution in [0, 0.1) is 0 Å². The van der Waals surface area contributed by atoms with Gasteiger partial charge in [0.15, 0.2) is 0 Å². The van der Waals surface area contributed by atoms with Gasteiger partial charge in [0.2, 0.25) is 5.96 Å². The van der Waals surface area contributed by atoms with E-state index in [0.717, 1.165) is 0 Å². The molecule has 0 heterocycles. The Kier molecular flexibility index (Phi) is 10.6. The van der Waals surface area contributed by atoms with Crippen molar-refractivity contribution in [1.29, 1.82) is 0 Å². The van der Waals surface area contributed by atoms with Crippen LogP contribution in [-0.4, -0.2) is 42.4 Å². The number of ether oxygens (including phenoxy) is 2. The van der Waals surface area contributed by atoms with Crippen LogP contribution in [0.2, 0.25) is 0 Å². The van der Waals surface area contributed by atoms with Crippen molar-refractivity contribution < 1.29 is 19.1 Å². The van der Waals surface area contributed by atoms with Crippen molar-refractivity contribution in [2.75, 3.05) is 13.1 Å². The third-order valence-corrected chi connectivity index (χ3v) is 1.87. The molecule has 0 aliphatic rings. The van der Waals surface area contributed by atoms with Crippen LogP contribution in [0.1, 0.15) is 48.0 Å². The van der Waals surface area contributed by atoms with Gasteiger partial charge in [-0.15, -0.1) is 12.4 Å². The van der Waals surface area contributed by atoms with E-state index in [1.165, 1.54) is 0 Å². The lowest BCUT2D eigenvalue weighted by Gasteiger charge is -2.22. The number of nitrogens with zero attached hydrogens (tertiary/aromatic N) is 1. The van der Waals surface area contributed by atoms with E-state index in [2.05, 4.69) is 15.6 Å². The van der Waals surface area contributed by atoms with Crippen LogP contribution >= 0.6 is 12.4 Å². The van der Waals surface area contributed by atoms with Crippen molar-refractivity contribution in [2.45, 2.75) is 59.2 Å². The molecule has 0 fully saturated rings. The fraction of sp³-hybridized carbons (Fsp3) is 0.786. The molecule has 0 bridgehead atoms. The number of hydrogen-bond acceptors (Lipinski definition) is 6. The van der Waals surface area contributed by atoms with Crippen molar-refractivity contribution >= 4 is 30.6 Å². The second kappa shape index (κ2) is 10.3. The summed E-state index contributed by atoms with van der Waals surface area (Å²) in [6.07, 6.45) is -0.805. The van der Waals surface area contributed by atoms with Gasteiger partial charge in [0.1, 0.15) is 11.2 Å². The summed E-state index contributed by atoms with van der Waals surface area (Å²) in [5.74, 6) is -0.0306. The summed E-state index contributed by atoms with van der Waals surface area (Å²) in [6, 6.07) is 0. The third-order valence-electron chi connectivity index (χ3n) is 1.87. The van der Waals surface area contributed by atoms with Gasteiger partial charge in [0, 0.05) is 6.54 Å². The Hall–Kier alpha value is -1.54. The standard InChI is InChI=1S/C14H28N4O4.ClH/c1-13(2,3)21-11(19)17-10(16-9-7-8-15)18-12(20)22-14(4,5)6;/h7-9,15H2,1-6H3,(H2,16,17,18,19,20);1H. The second-order valence-corrected chi connectivity index (χ2v) is 6.63. The van der Waals surface area contributed by atoms with Gasteiger partial charge in [0.05, 0.1) is 0 Å². The maximum absolute atomic E-state index is 11.7. The first-order valence-corrected chi connectivity index (χ1v) is 7.17. The van der Waals surface area contributed by atoms with Crippen molar-refractivity contribution in [2.24, 2.45) is 10.7 Å². The Labute approximate surface area is 144 Å². The van der Waals surface area contributed by atoms with E-state index in [0.29, 0.717) is 19.5 Å². The summed E-state index contributed by atoms with van der Waals surface area (Å²) in [5, 5.41) is 4.77. The molecule has 0 aliphatic carbocycles. The molecule has 8 nitrogen and oxygen atoms in total. The number of carbonyl (C=O) groups is 2. The number of halogens is 1. The summed E-state index contributed by atoms with van der Waals surface area (Å²) in [7, 11) is 0. The van der Waals surface area contributed by atoms with E-state index in [4.69, 9.17) is 15.2 Å². The Bertz CT molecular complexity index is 382. The van der Waals surface area contributed by atoms with E-state index in [1.54, 1.807) is 41.5 Å². The molecule has 0 saturated heterocycles. The van der Waals surface area contributed by atoms with Crippen molar-refractivity contribution in [3.8, 4) is 0 Å². The third kappa shape index (κ3) is 15.1. The average Bonchev–Trinajstić information content (AvgIpc) is 2.23. The average molecular weight is 353 g/mol. The molecule has 0 rings (SSSR count). The van der Waals surface area contributed by atoms with E-state index in [1.807, 2.05) is 0 Å². The number of hydrogen-bond donors (Lipinski definition) is 3. The Morgan fingerprint density at radius 3 is 1.65 bits per heavy atom. The second-order valence-electron chi connectivity index (χ2n) is 6.63. The molecular formula is C14H29ClN4O4. The van der Waals surface area contributed by atoms with Crippen molar-refractivity contribution in [3.05, 3.63) is 0 Å². The van der Waals surface area contributed by atoms with Gasteiger partial charge >= 0.3 is 12.2 Å². The van der Waals surface area contributed by atoms with Crippen LogP contribution in [0.4, 0.5) is 9.59 Å². The molecule has 0 aromatic rings. The predicted molar refractivity (Wildman–Crippen MR) is 92.0 cm³/mol. The first-order chi connectivity index (χ1) is 9.93. The highest BCUT2D eigenvalue weighted by Gasteiger charge is 2.20. The number of amides is 2. The fourth-order valence-electron chi connectivity index (χ4n) is 1.19. The van der Waals surface area contributed by atoms with E-state index >= 15 is 0 Å². The minimum Gasteiger partial charge on any atom is -0.444 e. The topological polar surface area (TPSA) is 115 Å². The van der Waals surface area contributed by atoms with Crippen LogP contribution in [0.5, 0.6) is 0 Å². The van der Waals surface area contributed by atoms with Crippen LogP contribution < -0.4 is 16.4 Å². The van der Waals surface area contributed by atoms with Gasteiger partial charge in [0.25, 0.3) is 0 Å². The van der Waals surface area contributed by atoms with Gasteiger partial charge in [-0.1, -0.05) is 0 Å². The summed E-state index contributed by atoms with van der Waals surface area (Å²) < 4.78 is 10.2. The smallest absolute Gasteiger partial charge is 0.414 e. The molecule has 2 amide bonds. The Morgan fingerprint density at radius 2 is 1.35 bits per heavy atom. The number of aliphatic imine (C=N–C) groups is 1. The summed E-state index contributed by atoms with van der Waals surface area (Å²) in [6.45, 7) is 11.2. The summed E-state index contributed by atoms with van der Waals surface area (Å²) in [4.78, 5) is 27.5. The zero-order valence-electron chi connectivity index (χ0n) is 14.7. The lowest BCUT2D eigenvalue weighted by Crippen LogP contribution is -2.47. The molecule has 23 heavy (non-hydrogen) atoms. The quantitative estimate of drug-likeness (QED) is 0.409. The van der Waals surface area contributed by atoms with Gasteiger partial charge in [-0.05, 0) is 54.5 Å². The molecule has 9 heteroatoms. The largest absolute Gasteiger partial charge is 0.444 e. The Balaban J connectivity index is 0. The minimum absolute atomic E-state index is 0. The molecule has 0 aromatic heterocycles. The molecule has 4 N–H and O–H groups in total. The van der Waals surface area contributed by atoms with Gasteiger partial charge in [-0.2, -0.15) is 0 Å². The number of carbonyl (C=O) groups excluding carboxylic acids is 2. The number of rotatable bonds is 3. The molecule has 0 aromatic carbocycles. The molecule has 0 unspecified atom stereocenters. The van der Waals surface area contributed by atoms with Crippen LogP contribution in [0.25, 0.3) is 0 Å². The molecule has 0 saturated carbocycles. The molecule has 0 atom stereocenters. The first-order valence-electron chi connectivity index (χ1n) is 7.17. The van der Waals surface area contributed by atoms with Gasteiger partial charge in [-0.3, -0.25) is 15.6 Å². The number of nitrogens with one attached hydrogen (secondary N) is 2. The highest BCUT2D eigenvalue weighted by Crippen LogP contribution is 2.07. The summed E-state index contributed by atoms with van der Waals surface area (Å²) in [5.41, 5.74) is 4.08. The highest BCUT2D eigenvalue weighted by atomic mass is 35.5. The lowest BCUT2D eigenvalue weighted by molar-refractivity contribution is 0.0545. The lowest BCUT2D eigenvalue weighted by atomic mass is 10.2. The predicted octanol–water partition coefficient (Wildman–Crippen LogP) is 2.16. The van der Waals surface area contributed by atoms with Gasteiger partial charge < -0.3 is 15.2 Å². The molecule has 0 radical (unpaired) electrons. The molecular weight excluding hydrogens is 324 g/mol. The molecule has 0 aliphatic heterocycles. The van der Waals surface area contributed by atoms with E-state index < -0.39 is 23.4 Å². The van der Waals surface area contributed by atoms with Crippen LogP contribution in [0.15, 0.2) is 4.99 Å². The molecule has 0 spiro atoms. The van der Waals surface area contributed by atoms with E-state index in [9.17, 15) is 9.59 Å². The number of guanidine groups is 1. The van der Waals surface area contributed by atoms with Gasteiger partial charge in [-0.25, -0.2) is 9.59 Å². The highest BCUT2D eigenvalue weighted by molar-refractivity contribution is 6.01. The normalized spacial score (nSPS) is 10.9. The van der Waals surface area contributed by atoms with Crippen LogP contribution in [0.3, 0.4) is 0 Å². The summed E-state index contributed by atoms with van der Waals surface area (Å²) >= 11 is 0. The van der Waals surface area contributed by atoms with Crippen molar-refractivity contribution in [3.63, 3.8) is 0 Å². The SMILES string of the molecule is CC(C)(C)OC(=O)NC(=NCCCN)NC(=O)OC(C)(C)C.Cl. The zero-order chi connectivity index (χ0) is 17.4. The maximum atomic E-state index is 11.7. The van der Waals surface area contributed by atoms with E-state index in [-0.39, 0.29) is 18.4 Å². The minimum atomic E-state index is -0.713. The zero-order valence-corrected chi connectivity index (χ0v) is 15.5. The number of alkyl carbamates (subject to hydrolysis) is 2. The monoisotopic (exact) mass is 352 g/mol. The molecule has 136 valence electrons. The first kappa shape index (κ1) is 23.7. The van der Waals surface area contributed by atoms with Crippen molar-refractivity contribution in [1.82, 2.24) is 10.6 Å². The fourth-order valence-corrected chi connectivity index (χ4v) is 1.19. The van der Waals surface area contributed by atoms with Crippen LogP contribution in [-0.2, 0) is 9.47 Å². The Morgan fingerprint density at radius 1 is 0.957 bits per heavy atom.